The van der Waals surface area contributed by atoms with Gasteiger partial charge < -0.3 is 15.3 Å². The van der Waals surface area contributed by atoms with Crippen LogP contribution in [0.25, 0.3) is 21.1 Å². The number of hydrogen-bond donors (Lipinski definition) is 2. The molecule has 1 fully saturated rings. The molecule has 1 aromatic carbocycles. The number of nitrogens with zero attached hydrogens (tertiary/aromatic N) is 6. The Kier molecular flexibility index (Phi) is 7.50. The van der Waals surface area contributed by atoms with Crippen LogP contribution < -0.4 is 15.8 Å². The second-order valence-corrected chi connectivity index (χ2v) is 12.1. The van der Waals surface area contributed by atoms with Crippen molar-refractivity contribution in [2.75, 3.05) is 23.3 Å². The highest BCUT2D eigenvalue weighted by atomic mass is 35.5. The highest BCUT2D eigenvalue weighted by molar-refractivity contribution is 7.17. The number of thiophene rings is 1. The maximum atomic E-state index is 13.7. The van der Waals surface area contributed by atoms with Crippen LogP contribution in [0.15, 0.2) is 40.5 Å². The molecule has 0 radical (unpaired) electrons. The molecular weight excluding hydrogens is 597 g/mol. The molecule has 0 aliphatic carbocycles. The number of rotatable bonds is 6. The Labute approximate surface area is 255 Å². The number of carboxylic acids is 1. The van der Waals surface area contributed by atoms with Gasteiger partial charge in [-0.25, -0.2) is 19.7 Å². The maximum Gasteiger partial charge on any atom is 0.356 e. The largest absolute Gasteiger partial charge is 0.476 e. The van der Waals surface area contributed by atoms with Crippen LogP contribution in [0.4, 0.5) is 11.5 Å². The number of benzene rings is 1. The van der Waals surface area contributed by atoms with Gasteiger partial charge in [0.1, 0.15) is 11.0 Å². The van der Waals surface area contributed by atoms with E-state index < -0.39 is 5.97 Å². The van der Waals surface area contributed by atoms with Gasteiger partial charge in [0, 0.05) is 31.6 Å². The molecular formula is C29H27Cl2N7O3S. The Morgan fingerprint density at radius 2 is 1.88 bits per heavy atom. The summed E-state index contributed by atoms with van der Waals surface area (Å²) in [4.78, 5) is 45.6. The van der Waals surface area contributed by atoms with E-state index in [4.69, 9.17) is 28.2 Å². The van der Waals surface area contributed by atoms with Crippen LogP contribution in [0.1, 0.15) is 59.2 Å². The van der Waals surface area contributed by atoms with E-state index in [0.29, 0.717) is 16.6 Å². The molecule has 0 amide bonds. The summed E-state index contributed by atoms with van der Waals surface area (Å²) < 4.78 is 2.67. The average Bonchev–Trinajstić information content (AvgIpc) is 3.44. The summed E-state index contributed by atoms with van der Waals surface area (Å²) in [6.07, 6.45) is 1.57. The summed E-state index contributed by atoms with van der Waals surface area (Å²) in [5.74, 6) is 0.446. The number of fused-ring (bicyclic) bond motifs is 2. The lowest BCUT2D eigenvalue weighted by Crippen LogP contribution is -2.36. The molecule has 0 saturated carbocycles. The first-order valence-electron chi connectivity index (χ1n) is 13.4. The summed E-state index contributed by atoms with van der Waals surface area (Å²) in [7, 11) is 1.78. The lowest BCUT2D eigenvalue weighted by molar-refractivity contribution is 0.0691. The number of aryl methyl sites for hydroxylation is 1. The topological polar surface area (TPSA) is 126 Å². The number of anilines is 2. The summed E-state index contributed by atoms with van der Waals surface area (Å²) >= 11 is 13.8. The highest BCUT2D eigenvalue weighted by Crippen LogP contribution is 2.35. The molecule has 2 N–H and O–H groups in total. The first-order chi connectivity index (χ1) is 20.1. The molecule has 1 atom stereocenters. The SMILES string of the molecule is Cc1cc(C(C)Nc2ccc(Cl)nc2C(=O)O)c2nc(C3CCN(c4nc(Cl)nc5ccsc45)CC3)n(C)c(=O)c2c1. The molecule has 1 unspecified atom stereocenters. The Morgan fingerprint density at radius 1 is 1.12 bits per heavy atom. The molecule has 1 aliphatic rings. The number of nitrogens with one attached hydrogen (secondary N) is 1. The lowest BCUT2D eigenvalue weighted by Gasteiger charge is -2.33. The minimum absolute atomic E-state index is 0.0657. The van der Waals surface area contributed by atoms with Crippen molar-refractivity contribution in [3.63, 3.8) is 0 Å². The molecule has 4 aromatic heterocycles. The average molecular weight is 625 g/mol. The molecule has 0 spiro atoms. The van der Waals surface area contributed by atoms with Gasteiger partial charge in [-0.3, -0.25) is 9.36 Å². The van der Waals surface area contributed by atoms with Crippen molar-refractivity contribution >= 4 is 73.1 Å². The molecule has 1 saturated heterocycles. The van der Waals surface area contributed by atoms with E-state index in [2.05, 4.69) is 25.2 Å². The molecule has 0 bridgehead atoms. The summed E-state index contributed by atoms with van der Waals surface area (Å²) in [6.45, 7) is 5.30. The van der Waals surface area contributed by atoms with Gasteiger partial charge in [-0.05, 0) is 73.5 Å². The van der Waals surface area contributed by atoms with Crippen molar-refractivity contribution in [2.24, 2.45) is 7.05 Å². The number of piperidine rings is 1. The summed E-state index contributed by atoms with van der Waals surface area (Å²) in [6, 6.07) is 8.53. The van der Waals surface area contributed by atoms with Crippen LogP contribution in [0, 0.1) is 6.92 Å². The second-order valence-electron chi connectivity index (χ2n) is 10.5. The van der Waals surface area contributed by atoms with Crippen LogP contribution in [0.5, 0.6) is 0 Å². The Balaban J connectivity index is 1.33. The summed E-state index contributed by atoms with van der Waals surface area (Å²) in [5, 5.41) is 15.7. The zero-order valence-electron chi connectivity index (χ0n) is 23.1. The van der Waals surface area contributed by atoms with E-state index in [-0.39, 0.29) is 33.6 Å². The van der Waals surface area contributed by atoms with E-state index >= 15 is 0 Å². The highest BCUT2D eigenvalue weighted by Gasteiger charge is 2.28. The van der Waals surface area contributed by atoms with Crippen molar-refractivity contribution < 1.29 is 9.90 Å². The van der Waals surface area contributed by atoms with Crippen LogP contribution >= 0.6 is 34.5 Å². The third kappa shape index (κ3) is 5.16. The predicted octanol–water partition coefficient (Wildman–Crippen LogP) is 6.20. The molecule has 5 heterocycles. The van der Waals surface area contributed by atoms with E-state index in [1.807, 2.05) is 37.4 Å². The number of carbonyl (C=O) groups is 1. The van der Waals surface area contributed by atoms with Crippen molar-refractivity contribution in [1.29, 1.82) is 0 Å². The number of pyridine rings is 1. The molecule has 1 aliphatic heterocycles. The monoisotopic (exact) mass is 623 g/mol. The molecule has 216 valence electrons. The van der Waals surface area contributed by atoms with E-state index in [1.54, 1.807) is 29.0 Å². The molecule has 6 rings (SSSR count). The van der Waals surface area contributed by atoms with Gasteiger partial charge in [0.2, 0.25) is 5.28 Å². The Morgan fingerprint density at radius 3 is 2.62 bits per heavy atom. The normalized spacial score (nSPS) is 14.9. The van der Waals surface area contributed by atoms with Crippen LogP contribution in [0.2, 0.25) is 10.4 Å². The van der Waals surface area contributed by atoms with Crippen LogP contribution in [0.3, 0.4) is 0 Å². The van der Waals surface area contributed by atoms with Crippen molar-refractivity contribution in [3.05, 3.63) is 79.1 Å². The molecule has 13 heteroatoms. The fourth-order valence-electron chi connectivity index (χ4n) is 5.67. The number of hydrogen-bond acceptors (Lipinski definition) is 9. The fraction of sp³-hybridized carbons (Fsp3) is 0.310. The van der Waals surface area contributed by atoms with Gasteiger partial charge in [0.05, 0.1) is 32.8 Å². The first kappa shape index (κ1) is 28.3. The smallest absolute Gasteiger partial charge is 0.356 e. The second kappa shape index (κ2) is 11.1. The van der Waals surface area contributed by atoms with Crippen LogP contribution in [-0.2, 0) is 7.05 Å². The van der Waals surface area contributed by atoms with E-state index in [0.717, 1.165) is 58.9 Å². The minimum atomic E-state index is -1.19. The Hall–Kier alpha value is -3.80. The van der Waals surface area contributed by atoms with Crippen molar-refractivity contribution in [3.8, 4) is 0 Å². The molecule has 10 nitrogen and oxygen atoms in total. The number of aromatic carboxylic acids is 1. The van der Waals surface area contributed by atoms with Gasteiger partial charge >= 0.3 is 5.97 Å². The zero-order valence-corrected chi connectivity index (χ0v) is 25.4. The zero-order chi connectivity index (χ0) is 29.7. The van der Waals surface area contributed by atoms with Gasteiger partial charge in [-0.2, -0.15) is 4.98 Å². The Bertz CT molecular complexity index is 1920. The fourth-order valence-corrected chi connectivity index (χ4v) is 6.84. The molecule has 42 heavy (non-hydrogen) atoms. The third-order valence-corrected chi connectivity index (χ3v) is 8.99. The number of aromatic nitrogens is 5. The predicted molar refractivity (Wildman–Crippen MR) is 167 cm³/mol. The van der Waals surface area contributed by atoms with E-state index in [1.165, 1.54) is 6.07 Å². The standard InChI is InChI=1S/C29H27Cl2N7O3S/c1-14-12-17(15(2)32-19-4-5-21(30)34-23(19)28(40)41)22-18(13-14)27(39)37(3)25(35-22)16-6-9-38(10-7-16)26-24-20(8-11-42-24)33-29(31)36-26/h4-5,8,11-13,15-16,32H,6-7,9-10H2,1-3H3,(H,40,41). The van der Waals surface area contributed by atoms with Gasteiger partial charge in [-0.1, -0.05) is 17.7 Å². The van der Waals surface area contributed by atoms with Crippen molar-refractivity contribution in [1.82, 2.24) is 24.5 Å². The third-order valence-electron chi connectivity index (χ3n) is 7.71. The molecule has 5 aromatic rings. The summed E-state index contributed by atoms with van der Waals surface area (Å²) in [5.41, 5.74) is 3.18. The van der Waals surface area contributed by atoms with Gasteiger partial charge in [-0.15, -0.1) is 11.3 Å². The quantitative estimate of drug-likeness (QED) is 0.168. The number of halogens is 2. The van der Waals surface area contributed by atoms with E-state index in [9.17, 15) is 14.7 Å². The number of carboxylic acid groups (broad SMARTS) is 1. The van der Waals surface area contributed by atoms with Crippen LogP contribution in [-0.4, -0.2) is 48.7 Å². The first-order valence-corrected chi connectivity index (χ1v) is 15.1. The van der Waals surface area contributed by atoms with Gasteiger partial charge in [0.15, 0.2) is 11.5 Å². The minimum Gasteiger partial charge on any atom is -0.476 e. The van der Waals surface area contributed by atoms with Crippen molar-refractivity contribution in [2.45, 2.75) is 38.6 Å². The maximum absolute atomic E-state index is 13.7. The van der Waals surface area contributed by atoms with Gasteiger partial charge in [0.25, 0.3) is 5.56 Å². The lowest BCUT2D eigenvalue weighted by atomic mass is 9.94.